The number of carbonyl (C=O) groups is 1. The van der Waals surface area contributed by atoms with Gasteiger partial charge >= 0.3 is 0 Å². The van der Waals surface area contributed by atoms with Gasteiger partial charge in [0.2, 0.25) is 5.91 Å². The molecule has 2 saturated heterocycles. The second kappa shape index (κ2) is 9.24. The van der Waals surface area contributed by atoms with Gasteiger partial charge < -0.3 is 9.80 Å². The number of piperazine rings is 1. The quantitative estimate of drug-likeness (QED) is 0.613. The number of carbonyl (C=O) groups excluding carboxylic acids is 1. The molecule has 2 aliphatic rings. The van der Waals surface area contributed by atoms with Gasteiger partial charge in [0.1, 0.15) is 12.1 Å². The maximum Gasteiger partial charge on any atom is 0.236 e. The number of anilines is 1. The van der Waals surface area contributed by atoms with Gasteiger partial charge in [-0.3, -0.25) is 14.4 Å². The minimum absolute atomic E-state index is 0.272. The number of rotatable bonds is 5. The van der Waals surface area contributed by atoms with Gasteiger partial charge in [0.05, 0.1) is 18.1 Å². The Kier molecular flexibility index (Phi) is 6.03. The van der Waals surface area contributed by atoms with Crippen LogP contribution >= 0.6 is 0 Å². The van der Waals surface area contributed by atoms with Gasteiger partial charge in [-0.25, -0.2) is 9.97 Å². The van der Waals surface area contributed by atoms with Crippen molar-refractivity contribution in [3.63, 3.8) is 0 Å². The van der Waals surface area contributed by atoms with Crippen molar-refractivity contribution in [2.24, 2.45) is 13.0 Å². The monoisotopic (exact) mass is 433 g/mol. The molecule has 0 bridgehead atoms. The lowest BCUT2D eigenvalue weighted by atomic mass is 9.90. The first-order valence-corrected chi connectivity index (χ1v) is 11.6. The zero-order chi connectivity index (χ0) is 21.9. The highest BCUT2D eigenvalue weighted by Gasteiger charge is 2.26. The van der Waals surface area contributed by atoms with Crippen LogP contribution in [0, 0.1) is 5.92 Å². The van der Waals surface area contributed by atoms with E-state index in [1.54, 1.807) is 11.0 Å². The van der Waals surface area contributed by atoms with Crippen LogP contribution in [0.4, 0.5) is 5.82 Å². The molecule has 0 aliphatic carbocycles. The van der Waals surface area contributed by atoms with Crippen LogP contribution in [0.3, 0.4) is 0 Å². The molecule has 32 heavy (non-hydrogen) atoms. The van der Waals surface area contributed by atoms with Crippen molar-refractivity contribution in [2.75, 3.05) is 50.7 Å². The molecule has 0 spiro atoms. The number of amides is 1. The number of aryl methyl sites for hydroxylation is 1. The number of hydrogen-bond donors (Lipinski definition) is 0. The molecule has 4 heterocycles. The second-order valence-electron chi connectivity index (χ2n) is 8.98. The summed E-state index contributed by atoms with van der Waals surface area (Å²) in [6, 6.07) is 10.7. The van der Waals surface area contributed by atoms with E-state index in [2.05, 4.69) is 60.1 Å². The van der Waals surface area contributed by atoms with E-state index in [-0.39, 0.29) is 5.91 Å². The van der Waals surface area contributed by atoms with Crippen molar-refractivity contribution in [1.82, 2.24) is 29.5 Å². The average Bonchev–Trinajstić information content (AvgIpc) is 3.22. The van der Waals surface area contributed by atoms with Crippen LogP contribution in [0.1, 0.15) is 18.4 Å². The Hall–Kier alpha value is -3.00. The smallest absolute Gasteiger partial charge is 0.236 e. The third-order valence-electron chi connectivity index (χ3n) is 6.87. The average molecular weight is 434 g/mol. The molecule has 0 atom stereocenters. The molecule has 3 aromatic rings. The Labute approximate surface area is 188 Å². The predicted octanol–water partition coefficient (Wildman–Crippen LogP) is 1.97. The van der Waals surface area contributed by atoms with E-state index < -0.39 is 0 Å². The third kappa shape index (κ3) is 4.46. The summed E-state index contributed by atoms with van der Waals surface area (Å²) in [5.74, 6) is 1.89. The van der Waals surface area contributed by atoms with Gasteiger partial charge in [0, 0.05) is 46.3 Å². The van der Waals surface area contributed by atoms with Crippen LogP contribution in [0.2, 0.25) is 0 Å². The maximum absolute atomic E-state index is 12.9. The standard InChI is InChI=1S/C24H31N7O/c1-28-23-21(16-27-28)24(26-18-25-23)31-13-11-29(12-14-31)17-22(32)30-9-7-20(8-10-30)15-19-5-3-2-4-6-19/h2-6,16,18,20H,7-15,17H2,1H3. The summed E-state index contributed by atoms with van der Waals surface area (Å²) in [5, 5.41) is 5.30. The Morgan fingerprint density at radius 2 is 1.75 bits per heavy atom. The van der Waals surface area contributed by atoms with Crippen molar-refractivity contribution >= 4 is 22.8 Å². The summed E-state index contributed by atoms with van der Waals surface area (Å²) in [6.07, 6.45) is 6.77. The van der Waals surface area contributed by atoms with Gasteiger partial charge in [0.15, 0.2) is 5.65 Å². The minimum atomic E-state index is 0.272. The van der Waals surface area contributed by atoms with Crippen LogP contribution in [-0.4, -0.2) is 81.3 Å². The molecular weight excluding hydrogens is 402 g/mol. The van der Waals surface area contributed by atoms with Gasteiger partial charge in [0.25, 0.3) is 0 Å². The summed E-state index contributed by atoms with van der Waals surface area (Å²) in [6.45, 7) is 5.72. The lowest BCUT2D eigenvalue weighted by Crippen LogP contribution is -2.51. The fraction of sp³-hybridized carbons (Fsp3) is 0.500. The molecule has 5 rings (SSSR count). The molecule has 8 nitrogen and oxygen atoms in total. The lowest BCUT2D eigenvalue weighted by molar-refractivity contribution is -0.133. The maximum atomic E-state index is 12.9. The van der Waals surface area contributed by atoms with Crippen molar-refractivity contribution in [3.05, 3.63) is 48.4 Å². The van der Waals surface area contributed by atoms with E-state index in [4.69, 9.17) is 0 Å². The molecule has 168 valence electrons. The van der Waals surface area contributed by atoms with Crippen LogP contribution < -0.4 is 4.90 Å². The van der Waals surface area contributed by atoms with E-state index in [1.165, 1.54) is 5.56 Å². The van der Waals surface area contributed by atoms with Crippen LogP contribution in [0.5, 0.6) is 0 Å². The number of likely N-dealkylation sites (tertiary alicyclic amines) is 1. The zero-order valence-corrected chi connectivity index (χ0v) is 18.7. The lowest BCUT2D eigenvalue weighted by Gasteiger charge is -2.37. The van der Waals surface area contributed by atoms with Gasteiger partial charge in [-0.15, -0.1) is 0 Å². The van der Waals surface area contributed by atoms with Crippen molar-refractivity contribution in [3.8, 4) is 0 Å². The van der Waals surface area contributed by atoms with Crippen LogP contribution in [0.25, 0.3) is 11.0 Å². The molecule has 0 unspecified atom stereocenters. The van der Waals surface area contributed by atoms with Gasteiger partial charge in [-0.2, -0.15) is 5.10 Å². The van der Waals surface area contributed by atoms with Gasteiger partial charge in [-0.1, -0.05) is 30.3 Å². The second-order valence-corrected chi connectivity index (χ2v) is 8.98. The molecule has 2 fully saturated rings. The van der Waals surface area contributed by atoms with E-state index in [1.807, 2.05) is 13.2 Å². The predicted molar refractivity (Wildman–Crippen MR) is 124 cm³/mol. The first kappa shape index (κ1) is 20.9. The fourth-order valence-corrected chi connectivity index (χ4v) is 4.94. The van der Waals surface area contributed by atoms with E-state index in [9.17, 15) is 4.79 Å². The molecule has 0 N–H and O–H groups in total. The van der Waals surface area contributed by atoms with Crippen molar-refractivity contribution < 1.29 is 4.79 Å². The third-order valence-corrected chi connectivity index (χ3v) is 6.87. The van der Waals surface area contributed by atoms with E-state index in [0.29, 0.717) is 12.5 Å². The molecule has 2 aliphatic heterocycles. The number of fused-ring (bicyclic) bond motifs is 1. The Balaban J connectivity index is 1.10. The fourth-order valence-electron chi connectivity index (χ4n) is 4.94. The number of aromatic nitrogens is 4. The van der Waals surface area contributed by atoms with Crippen LogP contribution in [0.15, 0.2) is 42.9 Å². The summed E-state index contributed by atoms with van der Waals surface area (Å²) in [5.41, 5.74) is 2.26. The molecule has 1 amide bonds. The number of hydrogen-bond acceptors (Lipinski definition) is 6. The summed E-state index contributed by atoms with van der Waals surface area (Å²) >= 11 is 0. The Morgan fingerprint density at radius 3 is 2.50 bits per heavy atom. The normalized spacial score (nSPS) is 18.4. The van der Waals surface area contributed by atoms with Crippen molar-refractivity contribution in [1.29, 1.82) is 0 Å². The SMILES string of the molecule is Cn1ncc2c(N3CCN(CC(=O)N4CCC(Cc5ccccc5)CC4)CC3)ncnc21. The molecule has 2 aromatic heterocycles. The number of piperidine rings is 1. The highest BCUT2D eigenvalue weighted by Crippen LogP contribution is 2.24. The summed E-state index contributed by atoms with van der Waals surface area (Å²) in [7, 11) is 1.90. The van der Waals surface area contributed by atoms with Crippen LogP contribution in [-0.2, 0) is 18.3 Å². The molecular formula is C24H31N7O. The number of benzene rings is 1. The first-order valence-electron chi connectivity index (χ1n) is 11.6. The van der Waals surface area contributed by atoms with Crippen molar-refractivity contribution in [2.45, 2.75) is 19.3 Å². The van der Waals surface area contributed by atoms with Gasteiger partial charge in [-0.05, 0) is 30.7 Å². The first-order chi connectivity index (χ1) is 15.7. The Bertz CT molecular complexity index is 1050. The van der Waals surface area contributed by atoms with E-state index in [0.717, 1.165) is 75.4 Å². The van der Waals surface area contributed by atoms with E-state index >= 15 is 0 Å². The largest absolute Gasteiger partial charge is 0.353 e. The summed E-state index contributed by atoms with van der Waals surface area (Å²) < 4.78 is 1.78. The molecule has 8 heteroatoms. The highest BCUT2D eigenvalue weighted by atomic mass is 16.2. The number of nitrogens with zero attached hydrogens (tertiary/aromatic N) is 7. The highest BCUT2D eigenvalue weighted by molar-refractivity contribution is 5.86. The summed E-state index contributed by atoms with van der Waals surface area (Å²) in [4.78, 5) is 28.4. The molecule has 0 radical (unpaired) electrons. The topological polar surface area (TPSA) is 70.4 Å². The molecule has 0 saturated carbocycles. The minimum Gasteiger partial charge on any atom is -0.353 e. The molecule has 1 aromatic carbocycles. The zero-order valence-electron chi connectivity index (χ0n) is 18.7. The Morgan fingerprint density at radius 1 is 1.00 bits per heavy atom.